The molecule has 9 nitrogen and oxygen atoms in total. The fraction of sp³-hybridized carbons (Fsp3) is 0.259. The van der Waals surface area contributed by atoms with Crippen molar-refractivity contribution >= 4 is 38.3 Å². The van der Waals surface area contributed by atoms with Gasteiger partial charge in [0.2, 0.25) is 15.9 Å². The van der Waals surface area contributed by atoms with Crippen LogP contribution in [0.1, 0.15) is 41.3 Å². The molecule has 2 N–H and O–H groups in total. The summed E-state index contributed by atoms with van der Waals surface area (Å²) in [7, 11) is -3.59. The molecular weight excluding hydrogens is 522 g/mol. The Morgan fingerprint density at radius 1 is 0.974 bits per heavy atom. The van der Waals surface area contributed by atoms with Crippen LogP contribution in [0.25, 0.3) is 22.4 Å². The van der Waals surface area contributed by atoms with Gasteiger partial charge in [-0.25, -0.2) is 17.4 Å². The second-order valence-electron chi connectivity index (χ2n) is 9.25. The zero-order chi connectivity index (χ0) is 27.6. The molecule has 0 unspecified atom stereocenters. The largest absolute Gasteiger partial charge is 0.343 e. The van der Waals surface area contributed by atoms with Crippen LogP contribution in [0.5, 0.6) is 0 Å². The highest BCUT2D eigenvalue weighted by molar-refractivity contribution is 7.90. The fourth-order valence-electron chi connectivity index (χ4n) is 3.93. The summed E-state index contributed by atoms with van der Waals surface area (Å²) in [5, 5.41) is 6.86. The van der Waals surface area contributed by atoms with E-state index in [2.05, 4.69) is 20.6 Å². The number of carbonyl (C=O) groups is 2. The third-order valence-electron chi connectivity index (χ3n) is 5.83. The Hall–Kier alpha value is -3.83. The Morgan fingerprint density at radius 3 is 2.34 bits per heavy atom. The number of aryl methyl sites for hydroxylation is 3. The number of anilines is 1. The number of pyridine rings is 1. The van der Waals surface area contributed by atoms with E-state index < -0.39 is 27.1 Å². The quantitative estimate of drug-likeness (QED) is 0.331. The molecule has 11 heteroatoms. The number of aromatic nitrogens is 3. The van der Waals surface area contributed by atoms with Crippen molar-refractivity contribution in [2.24, 2.45) is 0 Å². The number of thiazole rings is 1. The van der Waals surface area contributed by atoms with E-state index in [9.17, 15) is 18.0 Å². The SMILES string of the molecule is Cc1cc(-c2cccc(-c3csc(NC(=O)CNC(=O)c4cc(C)n(S(=O)(=O)C(C)C)c4)n3)c2)cc(C)n1. The highest BCUT2D eigenvalue weighted by atomic mass is 32.2. The molecule has 0 spiro atoms. The summed E-state index contributed by atoms with van der Waals surface area (Å²) in [4.78, 5) is 33.9. The predicted molar refractivity (Wildman–Crippen MR) is 150 cm³/mol. The lowest BCUT2D eigenvalue weighted by Gasteiger charge is -2.10. The molecule has 0 saturated carbocycles. The van der Waals surface area contributed by atoms with Crippen LogP contribution in [-0.2, 0) is 14.8 Å². The zero-order valence-corrected chi connectivity index (χ0v) is 23.4. The Labute approximate surface area is 226 Å². The molecule has 2 amide bonds. The summed E-state index contributed by atoms with van der Waals surface area (Å²) in [5.41, 5.74) is 6.23. The Morgan fingerprint density at radius 2 is 1.66 bits per heavy atom. The second-order valence-corrected chi connectivity index (χ2v) is 12.5. The maximum Gasteiger partial charge on any atom is 0.253 e. The van der Waals surface area contributed by atoms with Crippen molar-refractivity contribution in [1.29, 1.82) is 0 Å². The van der Waals surface area contributed by atoms with Crippen LogP contribution in [0.2, 0.25) is 0 Å². The molecule has 4 rings (SSSR count). The van der Waals surface area contributed by atoms with E-state index in [1.165, 1.54) is 23.6 Å². The third-order valence-corrected chi connectivity index (χ3v) is 8.72. The summed E-state index contributed by atoms with van der Waals surface area (Å²) in [6, 6.07) is 13.5. The summed E-state index contributed by atoms with van der Waals surface area (Å²) >= 11 is 1.28. The van der Waals surface area contributed by atoms with Crippen molar-refractivity contribution in [1.82, 2.24) is 19.3 Å². The molecule has 198 valence electrons. The Kier molecular flexibility index (Phi) is 7.79. The highest BCUT2D eigenvalue weighted by Crippen LogP contribution is 2.29. The van der Waals surface area contributed by atoms with Gasteiger partial charge in [-0.2, -0.15) is 0 Å². The first-order valence-corrected chi connectivity index (χ1v) is 14.4. The van der Waals surface area contributed by atoms with Crippen molar-refractivity contribution in [3.63, 3.8) is 0 Å². The minimum absolute atomic E-state index is 0.163. The normalized spacial score (nSPS) is 11.5. The minimum atomic E-state index is -3.59. The molecule has 1 aromatic carbocycles. The number of amides is 2. The van der Waals surface area contributed by atoms with Gasteiger partial charge in [-0.15, -0.1) is 11.3 Å². The third kappa shape index (κ3) is 6.00. The van der Waals surface area contributed by atoms with Crippen molar-refractivity contribution < 1.29 is 18.0 Å². The molecule has 0 atom stereocenters. The van der Waals surface area contributed by atoms with Gasteiger partial charge >= 0.3 is 0 Å². The lowest BCUT2D eigenvalue weighted by molar-refractivity contribution is -0.115. The van der Waals surface area contributed by atoms with Crippen LogP contribution in [0, 0.1) is 20.8 Å². The van der Waals surface area contributed by atoms with Gasteiger partial charge < -0.3 is 10.6 Å². The second kappa shape index (κ2) is 10.9. The Balaban J connectivity index is 1.39. The van der Waals surface area contributed by atoms with Gasteiger partial charge in [0.1, 0.15) is 0 Å². The smallest absolute Gasteiger partial charge is 0.253 e. The van der Waals surface area contributed by atoms with E-state index in [0.717, 1.165) is 37.7 Å². The number of nitrogens with zero attached hydrogens (tertiary/aromatic N) is 3. The minimum Gasteiger partial charge on any atom is -0.343 e. The van der Waals surface area contributed by atoms with Crippen LogP contribution < -0.4 is 10.6 Å². The number of rotatable bonds is 8. The molecule has 0 aliphatic heterocycles. The first-order valence-electron chi connectivity index (χ1n) is 12.0. The van der Waals surface area contributed by atoms with Gasteiger partial charge in [0.05, 0.1) is 23.1 Å². The average molecular weight is 552 g/mol. The number of hydrogen-bond donors (Lipinski definition) is 2. The van der Waals surface area contributed by atoms with E-state index in [1.807, 2.05) is 55.6 Å². The molecule has 0 bridgehead atoms. The highest BCUT2D eigenvalue weighted by Gasteiger charge is 2.22. The molecule has 3 heterocycles. The lowest BCUT2D eigenvalue weighted by Crippen LogP contribution is -2.32. The topological polar surface area (TPSA) is 123 Å². The molecule has 0 saturated heterocycles. The summed E-state index contributed by atoms with van der Waals surface area (Å²) in [6.45, 7) is 8.40. The molecule has 3 aromatic heterocycles. The van der Waals surface area contributed by atoms with Crippen LogP contribution in [-0.4, -0.2) is 46.0 Å². The number of hydrogen-bond acceptors (Lipinski definition) is 7. The van der Waals surface area contributed by atoms with Gasteiger partial charge in [-0.3, -0.25) is 14.6 Å². The van der Waals surface area contributed by atoms with E-state index in [1.54, 1.807) is 20.8 Å². The van der Waals surface area contributed by atoms with Crippen molar-refractivity contribution in [3.8, 4) is 22.4 Å². The number of carbonyl (C=O) groups excluding carboxylic acids is 2. The molecule has 4 aromatic rings. The van der Waals surface area contributed by atoms with E-state index in [4.69, 9.17) is 0 Å². The summed E-state index contributed by atoms with van der Waals surface area (Å²) in [6.07, 6.45) is 1.27. The monoisotopic (exact) mass is 551 g/mol. The summed E-state index contributed by atoms with van der Waals surface area (Å²) < 4.78 is 26.0. The van der Waals surface area contributed by atoms with Crippen molar-refractivity contribution in [3.05, 3.63) is 76.7 Å². The standard InChI is InChI=1S/C27H29N5O4S2/c1-16(2)38(35,36)32-14-23(11-19(32)5)26(34)28-13-25(33)31-27-30-24(15-37-27)21-8-6-7-20(12-21)22-9-17(3)29-18(4)10-22/h6-12,14-16H,13H2,1-5H3,(H,28,34)(H,30,31,33). The fourth-order valence-corrected chi connectivity index (χ4v) is 5.83. The molecule has 38 heavy (non-hydrogen) atoms. The maximum atomic E-state index is 12.5. The predicted octanol–water partition coefficient (Wildman–Crippen LogP) is 4.55. The first-order chi connectivity index (χ1) is 17.9. The van der Waals surface area contributed by atoms with E-state index in [-0.39, 0.29) is 12.1 Å². The number of nitrogens with one attached hydrogen (secondary N) is 2. The average Bonchev–Trinajstić information content (AvgIpc) is 3.49. The van der Waals surface area contributed by atoms with E-state index >= 15 is 0 Å². The summed E-state index contributed by atoms with van der Waals surface area (Å²) in [5.74, 6) is -0.985. The maximum absolute atomic E-state index is 12.5. The molecule has 0 radical (unpaired) electrons. The van der Waals surface area contributed by atoms with Crippen molar-refractivity contribution in [2.75, 3.05) is 11.9 Å². The zero-order valence-electron chi connectivity index (χ0n) is 21.8. The number of benzene rings is 1. The van der Waals surface area contributed by atoms with E-state index in [0.29, 0.717) is 10.8 Å². The van der Waals surface area contributed by atoms with Crippen LogP contribution in [0.3, 0.4) is 0 Å². The first kappa shape index (κ1) is 27.2. The van der Waals surface area contributed by atoms with Gasteiger partial charge in [0, 0.05) is 34.2 Å². The van der Waals surface area contributed by atoms with Gasteiger partial charge in [-0.1, -0.05) is 18.2 Å². The molecule has 0 fully saturated rings. The van der Waals surface area contributed by atoms with Crippen LogP contribution >= 0.6 is 11.3 Å². The van der Waals surface area contributed by atoms with Gasteiger partial charge in [0.25, 0.3) is 5.91 Å². The molecule has 0 aliphatic rings. The van der Waals surface area contributed by atoms with Crippen LogP contribution in [0.4, 0.5) is 5.13 Å². The Bertz CT molecular complexity index is 1600. The molecule has 0 aliphatic carbocycles. The lowest BCUT2D eigenvalue weighted by atomic mass is 10.0. The van der Waals surface area contributed by atoms with Gasteiger partial charge in [-0.05, 0) is 70.0 Å². The van der Waals surface area contributed by atoms with Gasteiger partial charge in [0.15, 0.2) is 5.13 Å². The van der Waals surface area contributed by atoms with Crippen molar-refractivity contribution in [2.45, 2.75) is 39.9 Å². The molecular formula is C27H29N5O4S2. The van der Waals surface area contributed by atoms with Crippen LogP contribution in [0.15, 0.2) is 54.0 Å².